The van der Waals surface area contributed by atoms with E-state index in [1.54, 1.807) is 4.90 Å². The number of amides is 1. The summed E-state index contributed by atoms with van der Waals surface area (Å²) in [7, 11) is 0. The predicted molar refractivity (Wildman–Crippen MR) is 82.9 cm³/mol. The molecule has 3 rings (SSSR count). The van der Waals surface area contributed by atoms with Gasteiger partial charge in [0.1, 0.15) is 0 Å². The number of hydrogen-bond donors (Lipinski definition) is 1. The van der Waals surface area contributed by atoms with Gasteiger partial charge in [-0.1, -0.05) is 29.8 Å². The molecular weight excluding hydrogens is 296 g/mol. The normalized spacial score (nSPS) is 18.0. The molecule has 6 heteroatoms. The second-order valence-electron chi connectivity index (χ2n) is 5.82. The zero-order valence-electron chi connectivity index (χ0n) is 12.9. The highest BCUT2D eigenvalue weighted by Crippen LogP contribution is 2.26. The van der Waals surface area contributed by atoms with Gasteiger partial charge in [-0.15, -0.1) is 0 Å². The minimum absolute atomic E-state index is 0.217. The maximum atomic E-state index is 12.7. The third-order valence-electron chi connectivity index (χ3n) is 4.14. The molecule has 1 unspecified atom stereocenters. The van der Waals surface area contributed by atoms with Crippen LogP contribution >= 0.6 is 0 Å². The van der Waals surface area contributed by atoms with Gasteiger partial charge in [-0.25, -0.2) is 4.98 Å². The van der Waals surface area contributed by atoms with Crippen LogP contribution in [-0.4, -0.2) is 40.0 Å². The van der Waals surface area contributed by atoms with Crippen molar-refractivity contribution in [2.45, 2.75) is 19.8 Å². The number of hydrogen-bond acceptors (Lipinski definition) is 4. The molecule has 1 fully saturated rings. The Bertz CT molecular complexity index is 720. The standard InChI is InChI=1S/C17H18N2O4/c1-11-4-6-12(7-5-11)15-14(18-10-23-15)16(20)19-8-2-3-13(9-19)17(21)22/h4-7,10,13H,2-3,8-9H2,1H3,(H,21,22). The van der Waals surface area contributed by atoms with Gasteiger partial charge in [0.05, 0.1) is 5.92 Å². The number of aromatic nitrogens is 1. The Hall–Kier alpha value is -2.63. The number of carboxylic acid groups (broad SMARTS) is 1. The molecule has 1 aliphatic rings. The molecule has 0 radical (unpaired) electrons. The first-order valence-electron chi connectivity index (χ1n) is 7.59. The summed E-state index contributed by atoms with van der Waals surface area (Å²) in [6.45, 7) is 2.74. The summed E-state index contributed by atoms with van der Waals surface area (Å²) in [4.78, 5) is 29.5. The number of piperidine rings is 1. The monoisotopic (exact) mass is 314 g/mol. The number of benzene rings is 1. The second-order valence-corrected chi connectivity index (χ2v) is 5.82. The molecule has 1 aromatic heterocycles. The minimum atomic E-state index is -0.860. The van der Waals surface area contributed by atoms with E-state index in [0.29, 0.717) is 25.1 Å². The van der Waals surface area contributed by atoms with Crippen LogP contribution in [0.1, 0.15) is 28.9 Å². The molecule has 1 aliphatic heterocycles. The third kappa shape index (κ3) is 3.11. The molecule has 1 saturated heterocycles. The van der Waals surface area contributed by atoms with Crippen LogP contribution in [0.5, 0.6) is 0 Å². The summed E-state index contributed by atoms with van der Waals surface area (Å²) in [5.74, 6) is -1.23. The summed E-state index contributed by atoms with van der Waals surface area (Å²) in [5, 5.41) is 9.15. The van der Waals surface area contributed by atoms with E-state index in [2.05, 4.69) is 4.98 Å². The average molecular weight is 314 g/mol. The smallest absolute Gasteiger partial charge is 0.308 e. The van der Waals surface area contributed by atoms with Gasteiger partial charge in [-0.05, 0) is 19.8 Å². The number of rotatable bonds is 3. The van der Waals surface area contributed by atoms with Gasteiger partial charge < -0.3 is 14.4 Å². The Kier molecular flexibility index (Phi) is 4.14. The lowest BCUT2D eigenvalue weighted by Crippen LogP contribution is -2.42. The van der Waals surface area contributed by atoms with Crippen molar-refractivity contribution in [1.29, 1.82) is 0 Å². The van der Waals surface area contributed by atoms with Crippen molar-refractivity contribution in [2.75, 3.05) is 13.1 Å². The van der Waals surface area contributed by atoms with Gasteiger partial charge in [-0.2, -0.15) is 0 Å². The summed E-state index contributed by atoms with van der Waals surface area (Å²) in [5.41, 5.74) is 2.13. The van der Waals surface area contributed by atoms with Crippen molar-refractivity contribution >= 4 is 11.9 Å². The fourth-order valence-electron chi connectivity index (χ4n) is 2.82. The Balaban J connectivity index is 1.85. The molecule has 0 spiro atoms. The van der Waals surface area contributed by atoms with Crippen LogP contribution in [0, 0.1) is 12.8 Å². The van der Waals surface area contributed by atoms with Gasteiger partial charge in [0.2, 0.25) is 0 Å². The molecule has 0 bridgehead atoms. The summed E-state index contributed by atoms with van der Waals surface area (Å²) >= 11 is 0. The highest BCUT2D eigenvalue weighted by atomic mass is 16.4. The van der Waals surface area contributed by atoms with E-state index >= 15 is 0 Å². The molecule has 120 valence electrons. The van der Waals surface area contributed by atoms with Gasteiger partial charge >= 0.3 is 5.97 Å². The lowest BCUT2D eigenvalue weighted by Gasteiger charge is -2.30. The highest BCUT2D eigenvalue weighted by molar-refractivity contribution is 5.97. The van der Waals surface area contributed by atoms with Crippen LogP contribution in [0.3, 0.4) is 0 Å². The van der Waals surface area contributed by atoms with Gasteiger partial charge in [-0.3, -0.25) is 9.59 Å². The maximum absolute atomic E-state index is 12.7. The predicted octanol–water partition coefficient (Wildman–Crippen LogP) is 2.59. The van der Waals surface area contributed by atoms with Gasteiger partial charge in [0.15, 0.2) is 17.8 Å². The largest absolute Gasteiger partial charge is 0.481 e. The van der Waals surface area contributed by atoms with Crippen LogP contribution < -0.4 is 0 Å². The number of carbonyl (C=O) groups is 2. The SMILES string of the molecule is Cc1ccc(-c2ocnc2C(=O)N2CCCC(C(=O)O)C2)cc1. The number of nitrogens with zero attached hydrogens (tertiary/aromatic N) is 2. The summed E-state index contributed by atoms with van der Waals surface area (Å²) in [6, 6.07) is 7.63. The van der Waals surface area contributed by atoms with Crippen molar-refractivity contribution < 1.29 is 19.1 Å². The van der Waals surface area contributed by atoms with Crippen molar-refractivity contribution in [1.82, 2.24) is 9.88 Å². The lowest BCUT2D eigenvalue weighted by atomic mass is 9.98. The lowest BCUT2D eigenvalue weighted by molar-refractivity contribution is -0.143. The quantitative estimate of drug-likeness (QED) is 0.941. The van der Waals surface area contributed by atoms with E-state index in [1.807, 2.05) is 31.2 Å². The topological polar surface area (TPSA) is 83.6 Å². The maximum Gasteiger partial charge on any atom is 0.308 e. The zero-order chi connectivity index (χ0) is 16.4. The Morgan fingerprint density at radius 1 is 1.30 bits per heavy atom. The Labute approximate surface area is 133 Å². The van der Waals surface area contributed by atoms with E-state index in [0.717, 1.165) is 11.1 Å². The fraction of sp³-hybridized carbons (Fsp3) is 0.353. The number of aliphatic carboxylic acids is 1. The number of likely N-dealkylation sites (tertiary alicyclic amines) is 1. The van der Waals surface area contributed by atoms with Crippen LogP contribution in [0.25, 0.3) is 11.3 Å². The first kappa shape index (κ1) is 15.3. The van der Waals surface area contributed by atoms with Crippen molar-refractivity contribution in [3.63, 3.8) is 0 Å². The zero-order valence-corrected chi connectivity index (χ0v) is 12.9. The van der Waals surface area contributed by atoms with Gasteiger partial charge in [0, 0.05) is 18.7 Å². The molecule has 2 heterocycles. The van der Waals surface area contributed by atoms with E-state index in [-0.39, 0.29) is 18.1 Å². The molecule has 1 atom stereocenters. The summed E-state index contributed by atoms with van der Waals surface area (Å²) < 4.78 is 5.40. The molecule has 1 N–H and O–H groups in total. The summed E-state index contributed by atoms with van der Waals surface area (Å²) in [6.07, 6.45) is 2.53. The first-order valence-corrected chi connectivity index (χ1v) is 7.59. The first-order chi connectivity index (χ1) is 11.1. The molecule has 6 nitrogen and oxygen atoms in total. The Morgan fingerprint density at radius 2 is 2.04 bits per heavy atom. The molecule has 23 heavy (non-hydrogen) atoms. The number of carbonyl (C=O) groups excluding carboxylic acids is 1. The second kappa shape index (κ2) is 6.24. The van der Waals surface area contributed by atoms with Crippen molar-refractivity contribution in [2.24, 2.45) is 5.92 Å². The van der Waals surface area contributed by atoms with E-state index in [9.17, 15) is 9.59 Å². The van der Waals surface area contributed by atoms with E-state index < -0.39 is 11.9 Å². The fourth-order valence-corrected chi connectivity index (χ4v) is 2.82. The number of carboxylic acids is 1. The van der Waals surface area contributed by atoms with Crippen LogP contribution in [0.4, 0.5) is 0 Å². The molecule has 2 aromatic rings. The number of oxazole rings is 1. The van der Waals surface area contributed by atoms with Crippen LogP contribution in [-0.2, 0) is 4.79 Å². The van der Waals surface area contributed by atoms with Crippen LogP contribution in [0.2, 0.25) is 0 Å². The van der Waals surface area contributed by atoms with E-state index in [1.165, 1.54) is 6.39 Å². The molecular formula is C17H18N2O4. The minimum Gasteiger partial charge on any atom is -0.481 e. The molecule has 1 aromatic carbocycles. The van der Waals surface area contributed by atoms with Crippen LogP contribution in [0.15, 0.2) is 35.1 Å². The number of aryl methyl sites for hydroxylation is 1. The van der Waals surface area contributed by atoms with Crippen molar-refractivity contribution in [3.05, 3.63) is 41.9 Å². The third-order valence-corrected chi connectivity index (χ3v) is 4.14. The Morgan fingerprint density at radius 3 is 2.74 bits per heavy atom. The average Bonchev–Trinajstić information content (AvgIpc) is 3.04. The highest BCUT2D eigenvalue weighted by Gasteiger charge is 2.31. The van der Waals surface area contributed by atoms with Gasteiger partial charge in [0.25, 0.3) is 5.91 Å². The molecule has 0 saturated carbocycles. The van der Waals surface area contributed by atoms with Crippen molar-refractivity contribution in [3.8, 4) is 11.3 Å². The molecule has 0 aliphatic carbocycles. The molecule has 1 amide bonds. The van der Waals surface area contributed by atoms with E-state index in [4.69, 9.17) is 9.52 Å².